The lowest BCUT2D eigenvalue weighted by atomic mass is 10.0. The first kappa shape index (κ1) is 14.5. The minimum atomic E-state index is 0.508. The first-order chi connectivity index (χ1) is 9.15. The highest BCUT2D eigenvalue weighted by molar-refractivity contribution is 9.10. The molecule has 0 aromatic carbocycles. The predicted octanol–water partition coefficient (Wildman–Crippen LogP) is 2.17. The highest BCUT2D eigenvalue weighted by Crippen LogP contribution is 2.25. The predicted molar refractivity (Wildman–Crippen MR) is 79.8 cm³/mol. The minimum absolute atomic E-state index is 0.508. The molecule has 2 heterocycles. The Morgan fingerprint density at radius 3 is 2.74 bits per heavy atom. The lowest BCUT2D eigenvalue weighted by Crippen LogP contribution is -2.43. The van der Waals surface area contributed by atoms with Gasteiger partial charge in [0, 0.05) is 26.2 Å². The van der Waals surface area contributed by atoms with Crippen LogP contribution in [0, 0.1) is 0 Å². The molecule has 1 aliphatic rings. The van der Waals surface area contributed by atoms with Crippen LogP contribution in [0.2, 0.25) is 0 Å². The molecule has 1 saturated heterocycles. The van der Waals surface area contributed by atoms with Crippen molar-refractivity contribution < 1.29 is 4.74 Å². The Balaban J connectivity index is 2.05. The van der Waals surface area contributed by atoms with Gasteiger partial charge in [-0.3, -0.25) is 0 Å². The number of hydrogen-bond acceptors (Lipinski definition) is 5. The van der Waals surface area contributed by atoms with Gasteiger partial charge in [-0.05, 0) is 35.3 Å². The van der Waals surface area contributed by atoms with Gasteiger partial charge in [0.25, 0.3) is 0 Å². The smallest absolute Gasteiger partial charge is 0.232 e. The molecule has 0 saturated carbocycles. The van der Waals surface area contributed by atoms with Gasteiger partial charge in [0.1, 0.15) is 0 Å². The third-order valence-corrected chi connectivity index (χ3v) is 4.30. The van der Waals surface area contributed by atoms with Crippen LogP contribution in [0.4, 0.5) is 5.95 Å². The fourth-order valence-electron chi connectivity index (χ4n) is 2.44. The van der Waals surface area contributed by atoms with Gasteiger partial charge in [-0.25, -0.2) is 4.98 Å². The molecule has 1 aliphatic heterocycles. The van der Waals surface area contributed by atoms with E-state index in [0.29, 0.717) is 11.9 Å². The number of likely N-dealkylation sites (tertiary alicyclic amines) is 1. The number of rotatable bonds is 4. The maximum Gasteiger partial charge on any atom is 0.232 e. The number of anilines is 1. The summed E-state index contributed by atoms with van der Waals surface area (Å²) >= 11 is 3.38. The zero-order chi connectivity index (χ0) is 13.8. The normalized spacial score (nSPS) is 17.5. The van der Waals surface area contributed by atoms with Crippen LogP contribution < -0.4 is 9.64 Å². The zero-order valence-corrected chi connectivity index (χ0v) is 13.4. The fourth-order valence-corrected chi connectivity index (χ4v) is 2.79. The minimum Gasteiger partial charge on any atom is -0.480 e. The van der Waals surface area contributed by atoms with Gasteiger partial charge in [0.2, 0.25) is 11.8 Å². The monoisotopic (exact) mass is 328 g/mol. The van der Waals surface area contributed by atoms with Crippen molar-refractivity contribution in [3.63, 3.8) is 0 Å². The van der Waals surface area contributed by atoms with E-state index in [1.807, 2.05) is 0 Å². The number of hydrogen-bond donors (Lipinski definition) is 0. The molecule has 0 aliphatic carbocycles. The summed E-state index contributed by atoms with van der Waals surface area (Å²) in [6.07, 6.45) is 4.07. The molecule has 0 unspecified atom stereocenters. The van der Waals surface area contributed by atoms with Crippen LogP contribution >= 0.6 is 15.9 Å². The van der Waals surface area contributed by atoms with E-state index in [9.17, 15) is 0 Å². The Kier molecular flexibility index (Phi) is 4.99. The molecule has 19 heavy (non-hydrogen) atoms. The van der Waals surface area contributed by atoms with Crippen LogP contribution in [0.25, 0.3) is 0 Å². The highest BCUT2D eigenvalue weighted by atomic mass is 79.9. The average molecular weight is 329 g/mol. The molecule has 106 valence electrons. The van der Waals surface area contributed by atoms with E-state index in [1.165, 1.54) is 0 Å². The van der Waals surface area contributed by atoms with Crippen molar-refractivity contribution in [2.24, 2.45) is 0 Å². The van der Waals surface area contributed by atoms with Crippen molar-refractivity contribution in [3.8, 4) is 5.88 Å². The summed E-state index contributed by atoms with van der Waals surface area (Å²) in [6, 6.07) is 0.508. The highest BCUT2D eigenvalue weighted by Gasteiger charge is 2.23. The van der Waals surface area contributed by atoms with Gasteiger partial charge >= 0.3 is 0 Å². The van der Waals surface area contributed by atoms with Crippen molar-refractivity contribution in [2.75, 3.05) is 38.7 Å². The number of halogens is 1. The van der Waals surface area contributed by atoms with Crippen LogP contribution in [-0.2, 0) is 0 Å². The third kappa shape index (κ3) is 3.36. The van der Waals surface area contributed by atoms with Gasteiger partial charge in [0.05, 0.1) is 17.8 Å². The molecule has 0 bridgehead atoms. The topological polar surface area (TPSA) is 41.5 Å². The van der Waals surface area contributed by atoms with Gasteiger partial charge in [-0.2, -0.15) is 4.98 Å². The molecule has 6 heteroatoms. The van der Waals surface area contributed by atoms with E-state index in [0.717, 1.165) is 42.9 Å². The van der Waals surface area contributed by atoms with Crippen molar-refractivity contribution >= 4 is 21.9 Å². The van der Waals surface area contributed by atoms with Crippen LogP contribution in [0.15, 0.2) is 10.7 Å². The van der Waals surface area contributed by atoms with E-state index >= 15 is 0 Å². The van der Waals surface area contributed by atoms with Crippen LogP contribution in [0.1, 0.15) is 19.8 Å². The van der Waals surface area contributed by atoms with Gasteiger partial charge in [0.15, 0.2) is 0 Å². The summed E-state index contributed by atoms with van der Waals surface area (Å²) in [5.41, 5.74) is 0. The second kappa shape index (κ2) is 6.52. The first-order valence-electron chi connectivity index (χ1n) is 6.67. The Labute approximate surface area is 123 Å². The second-order valence-electron chi connectivity index (χ2n) is 4.80. The Hall–Kier alpha value is -0.880. The summed E-state index contributed by atoms with van der Waals surface area (Å²) in [4.78, 5) is 13.5. The zero-order valence-electron chi connectivity index (χ0n) is 11.8. The SMILES string of the molecule is CCN1CCC(N(C)c2ncc(Br)c(OC)n2)CC1. The van der Waals surface area contributed by atoms with E-state index < -0.39 is 0 Å². The molecule has 0 atom stereocenters. The molecule has 5 nitrogen and oxygen atoms in total. The lowest BCUT2D eigenvalue weighted by molar-refractivity contribution is 0.220. The van der Waals surface area contributed by atoms with Crippen LogP contribution in [0.5, 0.6) is 5.88 Å². The van der Waals surface area contributed by atoms with Crippen molar-refractivity contribution in [2.45, 2.75) is 25.8 Å². The third-order valence-electron chi connectivity index (χ3n) is 3.76. The summed E-state index contributed by atoms with van der Waals surface area (Å²) < 4.78 is 6.01. The van der Waals surface area contributed by atoms with E-state index in [-0.39, 0.29) is 0 Å². The van der Waals surface area contributed by atoms with Crippen LogP contribution in [0.3, 0.4) is 0 Å². The van der Waals surface area contributed by atoms with E-state index in [4.69, 9.17) is 4.74 Å². The maximum atomic E-state index is 5.22. The summed E-state index contributed by atoms with van der Waals surface area (Å²) in [7, 11) is 3.69. The summed E-state index contributed by atoms with van der Waals surface area (Å²) in [5, 5.41) is 0. The summed E-state index contributed by atoms with van der Waals surface area (Å²) in [5.74, 6) is 1.32. The fraction of sp³-hybridized carbons (Fsp3) is 0.692. The molecule has 1 aromatic rings. The number of aromatic nitrogens is 2. The maximum absolute atomic E-state index is 5.22. The van der Waals surface area contributed by atoms with Crippen molar-refractivity contribution in [1.29, 1.82) is 0 Å². The molecule has 1 aromatic heterocycles. The molecule has 0 radical (unpaired) electrons. The Bertz CT molecular complexity index is 421. The largest absolute Gasteiger partial charge is 0.480 e. The number of nitrogens with zero attached hydrogens (tertiary/aromatic N) is 4. The average Bonchev–Trinajstić information content (AvgIpc) is 2.47. The molecule has 0 N–H and O–H groups in total. The van der Waals surface area contributed by atoms with E-state index in [2.05, 4.69) is 49.7 Å². The van der Waals surface area contributed by atoms with Gasteiger partial charge in [-0.15, -0.1) is 0 Å². The molecule has 2 rings (SSSR count). The number of methoxy groups -OCH3 is 1. The van der Waals surface area contributed by atoms with Gasteiger partial charge < -0.3 is 14.5 Å². The summed E-state index contributed by atoms with van der Waals surface area (Å²) in [6.45, 7) is 5.66. The molecule has 1 fully saturated rings. The van der Waals surface area contributed by atoms with E-state index in [1.54, 1.807) is 13.3 Å². The molecule has 0 spiro atoms. The van der Waals surface area contributed by atoms with Crippen molar-refractivity contribution in [1.82, 2.24) is 14.9 Å². The Morgan fingerprint density at radius 1 is 1.47 bits per heavy atom. The number of piperidine rings is 1. The molecular formula is C13H21BrN4O. The van der Waals surface area contributed by atoms with Crippen molar-refractivity contribution in [3.05, 3.63) is 10.7 Å². The van der Waals surface area contributed by atoms with Gasteiger partial charge in [-0.1, -0.05) is 6.92 Å². The first-order valence-corrected chi connectivity index (χ1v) is 7.46. The van der Waals surface area contributed by atoms with Crippen LogP contribution in [-0.4, -0.2) is 54.7 Å². The molecule has 0 amide bonds. The lowest BCUT2D eigenvalue weighted by Gasteiger charge is -2.36. The Morgan fingerprint density at radius 2 is 2.16 bits per heavy atom. The second-order valence-corrected chi connectivity index (χ2v) is 5.66. The number of ether oxygens (including phenoxy) is 1. The molecular weight excluding hydrogens is 308 g/mol. The standard InChI is InChI=1S/C13H21BrN4O/c1-4-18-7-5-10(6-8-18)17(2)13-15-9-11(14)12(16-13)19-3/h9-10H,4-8H2,1-3H3. The quantitative estimate of drug-likeness (QED) is 0.847.